The molecule has 0 aromatic heterocycles. The molecule has 0 fully saturated rings. The molecule has 2 aromatic carbocycles. The molecule has 0 heterocycles. The first kappa shape index (κ1) is 19.8. The highest BCUT2D eigenvalue weighted by Gasteiger charge is 2.07. The van der Waals surface area contributed by atoms with E-state index in [4.69, 9.17) is 4.74 Å². The van der Waals surface area contributed by atoms with Crippen molar-refractivity contribution in [2.75, 3.05) is 0 Å². The minimum atomic E-state index is -0.430. The van der Waals surface area contributed by atoms with Gasteiger partial charge in [0.05, 0.1) is 21.4 Å². The van der Waals surface area contributed by atoms with Crippen molar-refractivity contribution in [2.24, 2.45) is 0 Å². The van der Waals surface area contributed by atoms with Gasteiger partial charge >= 0.3 is 0 Å². The van der Waals surface area contributed by atoms with Crippen LogP contribution in [0.3, 0.4) is 0 Å². The van der Waals surface area contributed by atoms with Gasteiger partial charge in [-0.1, -0.05) is 37.4 Å². The topological polar surface area (TPSA) is 95.5 Å². The van der Waals surface area contributed by atoms with Gasteiger partial charge in [-0.15, -0.1) is 0 Å². The molecule has 0 aliphatic carbocycles. The number of nitro benzene ring substituents is 2. The number of aryl methyl sites for hydroxylation is 2. The van der Waals surface area contributed by atoms with Crippen LogP contribution in [0.2, 0.25) is 0 Å². The Hall–Kier alpha value is -3.48. The second-order valence-corrected chi connectivity index (χ2v) is 6.03. The van der Waals surface area contributed by atoms with Crippen LogP contribution in [0.15, 0.2) is 73.2 Å². The zero-order chi connectivity index (χ0) is 19.8. The van der Waals surface area contributed by atoms with Gasteiger partial charge in [-0.2, -0.15) is 0 Å². The molecule has 0 radical (unpaired) electrons. The Bertz CT molecular complexity index is 770. The van der Waals surface area contributed by atoms with Gasteiger partial charge in [0.15, 0.2) is 0 Å². The molecular weight excluding hydrogens is 348 g/mol. The lowest BCUT2D eigenvalue weighted by molar-refractivity contribution is -0.385. The van der Waals surface area contributed by atoms with Crippen LogP contribution >= 0.6 is 0 Å². The van der Waals surface area contributed by atoms with Crippen LogP contribution in [0, 0.1) is 20.2 Å². The maximum atomic E-state index is 10.6. The van der Waals surface area contributed by atoms with Gasteiger partial charge in [-0.3, -0.25) is 20.2 Å². The molecule has 0 aliphatic heterocycles. The van der Waals surface area contributed by atoms with Gasteiger partial charge in [0.25, 0.3) is 11.4 Å². The summed E-state index contributed by atoms with van der Waals surface area (Å²) in [5.41, 5.74) is 2.05. The Morgan fingerprint density at radius 3 is 1.37 bits per heavy atom. The van der Waals surface area contributed by atoms with Crippen molar-refractivity contribution in [2.45, 2.75) is 25.7 Å². The van der Waals surface area contributed by atoms with Crippen LogP contribution in [0.4, 0.5) is 11.4 Å². The average molecular weight is 368 g/mol. The highest BCUT2D eigenvalue weighted by Crippen LogP contribution is 2.19. The minimum absolute atomic E-state index is 0.0634. The lowest BCUT2D eigenvalue weighted by Crippen LogP contribution is -1.97. The van der Waals surface area contributed by atoms with E-state index in [1.165, 1.54) is 24.3 Å². The largest absolute Gasteiger partial charge is 0.467 e. The third kappa shape index (κ3) is 6.39. The summed E-state index contributed by atoms with van der Waals surface area (Å²) in [6, 6.07) is 12.8. The Morgan fingerprint density at radius 2 is 1.07 bits per heavy atom. The Labute approximate surface area is 156 Å². The van der Waals surface area contributed by atoms with E-state index in [0.29, 0.717) is 37.2 Å². The van der Waals surface area contributed by atoms with Crippen LogP contribution in [-0.2, 0) is 17.6 Å². The number of nitro groups is 2. The van der Waals surface area contributed by atoms with Crippen molar-refractivity contribution in [1.82, 2.24) is 0 Å². The molecule has 0 unspecified atom stereocenters. The smallest absolute Gasteiger partial charge is 0.269 e. The summed E-state index contributed by atoms with van der Waals surface area (Å²) in [4.78, 5) is 20.4. The zero-order valence-electron chi connectivity index (χ0n) is 14.8. The Morgan fingerprint density at radius 1 is 0.741 bits per heavy atom. The van der Waals surface area contributed by atoms with Crippen molar-refractivity contribution in [3.8, 4) is 0 Å². The second kappa shape index (κ2) is 9.28. The number of non-ortho nitro benzene ring substituents is 2. The summed E-state index contributed by atoms with van der Waals surface area (Å²) in [7, 11) is 0. The molecule has 0 bridgehead atoms. The Kier molecular flexibility index (Phi) is 6.82. The van der Waals surface area contributed by atoms with Crippen LogP contribution in [0.5, 0.6) is 0 Å². The number of hydrogen-bond donors (Lipinski definition) is 0. The van der Waals surface area contributed by atoms with Crippen molar-refractivity contribution in [3.05, 3.63) is 105 Å². The third-order valence-corrected chi connectivity index (χ3v) is 3.97. The van der Waals surface area contributed by atoms with E-state index in [2.05, 4.69) is 13.2 Å². The van der Waals surface area contributed by atoms with E-state index in [-0.39, 0.29) is 11.4 Å². The summed E-state index contributed by atoms with van der Waals surface area (Å²) in [6.07, 6.45) is 2.47. The molecule has 0 spiro atoms. The molecule has 0 N–H and O–H groups in total. The number of rotatable bonds is 10. The highest BCUT2D eigenvalue weighted by atomic mass is 16.6. The first-order chi connectivity index (χ1) is 12.8. The fourth-order valence-corrected chi connectivity index (χ4v) is 2.44. The lowest BCUT2D eigenvalue weighted by atomic mass is 10.1. The van der Waals surface area contributed by atoms with Crippen LogP contribution in [0.1, 0.15) is 24.0 Å². The SMILES string of the molecule is C=C(CCc1ccc([N+](=O)[O-])cc1)OC(=C)CCc1ccc([N+](=O)[O-])cc1. The maximum absolute atomic E-state index is 10.6. The summed E-state index contributed by atoms with van der Waals surface area (Å²) in [5.74, 6) is 1.14. The molecule has 7 nitrogen and oxygen atoms in total. The summed E-state index contributed by atoms with van der Waals surface area (Å²) < 4.78 is 5.61. The Balaban J connectivity index is 1.74. The molecule has 7 heteroatoms. The summed E-state index contributed by atoms with van der Waals surface area (Å²) in [6.45, 7) is 7.75. The summed E-state index contributed by atoms with van der Waals surface area (Å²) >= 11 is 0. The normalized spacial score (nSPS) is 10.2. The molecule has 140 valence electrons. The van der Waals surface area contributed by atoms with E-state index in [1.807, 2.05) is 0 Å². The number of hydrogen-bond acceptors (Lipinski definition) is 5. The third-order valence-electron chi connectivity index (χ3n) is 3.97. The predicted octanol–water partition coefficient (Wildman–Crippen LogP) is 5.11. The molecule has 0 amide bonds. The monoisotopic (exact) mass is 368 g/mol. The quantitative estimate of drug-likeness (QED) is 0.330. The van der Waals surface area contributed by atoms with E-state index >= 15 is 0 Å². The van der Waals surface area contributed by atoms with E-state index in [0.717, 1.165) is 11.1 Å². The van der Waals surface area contributed by atoms with Gasteiger partial charge < -0.3 is 4.74 Å². The fraction of sp³-hybridized carbons (Fsp3) is 0.200. The molecule has 0 aliphatic rings. The van der Waals surface area contributed by atoms with Gasteiger partial charge in [0, 0.05) is 37.1 Å². The maximum Gasteiger partial charge on any atom is 0.269 e. The first-order valence-electron chi connectivity index (χ1n) is 8.35. The van der Waals surface area contributed by atoms with Crippen molar-refractivity contribution in [3.63, 3.8) is 0 Å². The standard InChI is InChI=1S/C20H20N2O5/c1-15(3-5-17-7-11-19(12-8-17)21(23)24)27-16(2)4-6-18-9-13-20(14-10-18)22(25)26/h7-14H,1-6H2. The van der Waals surface area contributed by atoms with Crippen molar-refractivity contribution >= 4 is 11.4 Å². The number of benzene rings is 2. The van der Waals surface area contributed by atoms with Crippen molar-refractivity contribution in [1.29, 1.82) is 0 Å². The van der Waals surface area contributed by atoms with Crippen LogP contribution < -0.4 is 0 Å². The first-order valence-corrected chi connectivity index (χ1v) is 8.35. The van der Waals surface area contributed by atoms with Crippen molar-refractivity contribution < 1.29 is 14.6 Å². The zero-order valence-corrected chi connectivity index (χ0v) is 14.8. The van der Waals surface area contributed by atoms with Crippen LogP contribution in [-0.4, -0.2) is 9.85 Å². The van der Waals surface area contributed by atoms with E-state index in [1.54, 1.807) is 24.3 Å². The number of nitrogens with zero attached hydrogens (tertiary/aromatic N) is 2. The molecule has 0 atom stereocenters. The fourth-order valence-electron chi connectivity index (χ4n) is 2.44. The molecule has 2 rings (SSSR count). The van der Waals surface area contributed by atoms with Crippen LogP contribution in [0.25, 0.3) is 0 Å². The molecule has 0 saturated carbocycles. The van der Waals surface area contributed by atoms with Gasteiger partial charge in [0.1, 0.15) is 0 Å². The summed E-state index contributed by atoms with van der Waals surface area (Å²) in [5, 5.41) is 21.3. The molecular formula is C20H20N2O5. The van der Waals surface area contributed by atoms with E-state index in [9.17, 15) is 20.2 Å². The van der Waals surface area contributed by atoms with Gasteiger partial charge in [-0.25, -0.2) is 0 Å². The second-order valence-electron chi connectivity index (χ2n) is 6.03. The molecule has 27 heavy (non-hydrogen) atoms. The van der Waals surface area contributed by atoms with E-state index < -0.39 is 9.85 Å². The van der Waals surface area contributed by atoms with Gasteiger partial charge in [0.2, 0.25) is 0 Å². The predicted molar refractivity (Wildman–Crippen MR) is 102 cm³/mol. The number of ether oxygens (including phenoxy) is 1. The molecule has 2 aromatic rings. The average Bonchev–Trinajstić information content (AvgIpc) is 2.65. The highest BCUT2D eigenvalue weighted by molar-refractivity contribution is 5.34. The van der Waals surface area contributed by atoms with Gasteiger partial charge in [-0.05, 0) is 24.0 Å². The lowest BCUT2D eigenvalue weighted by Gasteiger charge is -2.11. The minimum Gasteiger partial charge on any atom is -0.467 e. The number of allylic oxidation sites excluding steroid dienone is 2. The molecule has 0 saturated heterocycles.